The molecule has 1 aliphatic heterocycles. The fraction of sp³-hybridized carbons (Fsp3) is 0.200. The first kappa shape index (κ1) is 15.6. The molecule has 1 unspecified atom stereocenters. The Balaban J connectivity index is 1.63. The summed E-state index contributed by atoms with van der Waals surface area (Å²) < 4.78 is 5.21. The highest BCUT2D eigenvalue weighted by Crippen LogP contribution is 2.28. The van der Waals surface area contributed by atoms with Gasteiger partial charge in [0.2, 0.25) is 0 Å². The Morgan fingerprint density at radius 3 is 2.68 bits per heavy atom. The lowest BCUT2D eigenvalue weighted by Crippen LogP contribution is -2.37. The Morgan fingerprint density at radius 1 is 1.08 bits per heavy atom. The number of aromatic nitrogens is 2. The molecular weight excluding hydrogens is 312 g/mol. The average Bonchev–Trinajstić information content (AvgIpc) is 2.68. The van der Waals surface area contributed by atoms with Crippen molar-refractivity contribution in [3.05, 3.63) is 71.9 Å². The van der Waals surface area contributed by atoms with Crippen molar-refractivity contribution in [1.82, 2.24) is 9.97 Å². The second kappa shape index (κ2) is 6.53. The lowest BCUT2D eigenvalue weighted by atomic mass is 9.96. The van der Waals surface area contributed by atoms with E-state index >= 15 is 0 Å². The lowest BCUT2D eigenvalue weighted by Gasteiger charge is -2.33. The number of nitrogens with zero attached hydrogens (tertiary/aromatic N) is 3. The van der Waals surface area contributed by atoms with Crippen LogP contribution in [-0.4, -0.2) is 23.6 Å². The van der Waals surface area contributed by atoms with E-state index in [1.54, 1.807) is 13.3 Å². The highest BCUT2D eigenvalue weighted by Gasteiger charge is 2.23. The molecule has 25 heavy (non-hydrogen) atoms. The minimum absolute atomic E-state index is 0.00986. The molecule has 0 amide bonds. The smallest absolute Gasteiger partial charge is 0.161 e. The molecule has 5 heteroatoms. The van der Waals surface area contributed by atoms with E-state index in [2.05, 4.69) is 28.1 Å². The van der Waals surface area contributed by atoms with Crippen LogP contribution in [-0.2, 0) is 6.54 Å². The van der Waals surface area contributed by atoms with Gasteiger partial charge in [0.15, 0.2) is 5.82 Å². The molecule has 5 nitrogen and oxygen atoms in total. The Kier molecular flexibility index (Phi) is 4.07. The number of benzene rings is 2. The number of hydrogen-bond acceptors (Lipinski definition) is 5. The van der Waals surface area contributed by atoms with Crippen LogP contribution in [0, 0.1) is 0 Å². The molecular formula is C20H20N4O. The monoisotopic (exact) mass is 332 g/mol. The van der Waals surface area contributed by atoms with E-state index in [0.717, 1.165) is 30.2 Å². The molecule has 2 N–H and O–H groups in total. The van der Waals surface area contributed by atoms with Crippen molar-refractivity contribution in [2.75, 3.05) is 18.6 Å². The van der Waals surface area contributed by atoms with Crippen LogP contribution in [0.25, 0.3) is 11.4 Å². The zero-order chi connectivity index (χ0) is 17.2. The fourth-order valence-corrected chi connectivity index (χ4v) is 3.22. The summed E-state index contributed by atoms with van der Waals surface area (Å²) in [5.74, 6) is 2.41. The van der Waals surface area contributed by atoms with Crippen molar-refractivity contribution in [3.8, 4) is 17.1 Å². The quantitative estimate of drug-likeness (QED) is 0.798. The van der Waals surface area contributed by atoms with Gasteiger partial charge in [0.1, 0.15) is 11.6 Å². The van der Waals surface area contributed by atoms with Crippen molar-refractivity contribution in [3.63, 3.8) is 0 Å². The molecule has 1 aliphatic rings. The molecule has 0 fully saturated rings. The fourth-order valence-electron chi connectivity index (χ4n) is 3.22. The minimum Gasteiger partial charge on any atom is -0.497 e. The molecule has 126 valence electrons. The molecule has 0 bridgehead atoms. The standard InChI is InChI=1S/C20H20N4O/c1-25-16-8-6-14(7-9-16)20-22-11-10-19(23-20)24-12-15-4-2-3-5-17(15)18(21)13-24/h2-11,18H,12-13,21H2,1H3. The van der Waals surface area contributed by atoms with E-state index in [-0.39, 0.29) is 6.04 Å². The zero-order valence-electron chi connectivity index (χ0n) is 14.1. The zero-order valence-corrected chi connectivity index (χ0v) is 14.1. The molecule has 4 rings (SSSR count). The van der Waals surface area contributed by atoms with Crippen molar-refractivity contribution in [1.29, 1.82) is 0 Å². The summed E-state index contributed by atoms with van der Waals surface area (Å²) in [4.78, 5) is 11.4. The topological polar surface area (TPSA) is 64.3 Å². The Morgan fingerprint density at radius 2 is 1.88 bits per heavy atom. The second-order valence-electron chi connectivity index (χ2n) is 6.15. The number of anilines is 1. The van der Waals surface area contributed by atoms with Gasteiger partial charge in [0, 0.05) is 30.9 Å². The highest BCUT2D eigenvalue weighted by molar-refractivity contribution is 5.58. The molecule has 0 radical (unpaired) electrons. The van der Waals surface area contributed by atoms with Gasteiger partial charge in [-0.15, -0.1) is 0 Å². The Hall–Kier alpha value is -2.92. The summed E-state index contributed by atoms with van der Waals surface area (Å²) in [7, 11) is 1.66. The van der Waals surface area contributed by atoms with Gasteiger partial charge in [-0.1, -0.05) is 24.3 Å². The number of nitrogens with two attached hydrogens (primary N) is 1. The maximum atomic E-state index is 6.36. The van der Waals surface area contributed by atoms with Crippen LogP contribution in [0.3, 0.4) is 0 Å². The molecule has 1 aromatic heterocycles. The Bertz CT molecular complexity index is 879. The van der Waals surface area contributed by atoms with E-state index in [1.807, 2.05) is 36.4 Å². The van der Waals surface area contributed by atoms with Gasteiger partial charge in [-0.2, -0.15) is 0 Å². The number of fused-ring (bicyclic) bond motifs is 1. The molecule has 3 aromatic rings. The van der Waals surface area contributed by atoms with Crippen molar-refractivity contribution in [2.24, 2.45) is 5.73 Å². The van der Waals surface area contributed by atoms with Crippen LogP contribution in [0.5, 0.6) is 5.75 Å². The number of methoxy groups -OCH3 is 1. The van der Waals surface area contributed by atoms with Crippen molar-refractivity contribution < 1.29 is 4.74 Å². The van der Waals surface area contributed by atoms with Crippen LogP contribution in [0.2, 0.25) is 0 Å². The minimum atomic E-state index is -0.00986. The predicted molar refractivity (Wildman–Crippen MR) is 98.4 cm³/mol. The number of ether oxygens (including phenoxy) is 1. The van der Waals surface area contributed by atoms with Gasteiger partial charge >= 0.3 is 0 Å². The summed E-state index contributed by atoms with van der Waals surface area (Å²) in [5, 5.41) is 0. The second-order valence-corrected chi connectivity index (χ2v) is 6.15. The first-order chi connectivity index (χ1) is 12.2. The maximum absolute atomic E-state index is 6.36. The summed E-state index contributed by atoms with van der Waals surface area (Å²) in [6.45, 7) is 1.55. The average molecular weight is 332 g/mol. The van der Waals surface area contributed by atoms with Gasteiger partial charge < -0.3 is 15.4 Å². The predicted octanol–water partition coefficient (Wildman–Crippen LogP) is 3.17. The third-order valence-electron chi connectivity index (χ3n) is 4.55. The summed E-state index contributed by atoms with van der Waals surface area (Å²) in [6.07, 6.45) is 1.80. The normalized spacial score (nSPS) is 16.4. The highest BCUT2D eigenvalue weighted by atomic mass is 16.5. The molecule has 0 saturated carbocycles. The van der Waals surface area contributed by atoms with E-state index in [9.17, 15) is 0 Å². The third-order valence-corrected chi connectivity index (χ3v) is 4.55. The van der Waals surface area contributed by atoms with E-state index in [0.29, 0.717) is 5.82 Å². The summed E-state index contributed by atoms with van der Waals surface area (Å²) >= 11 is 0. The van der Waals surface area contributed by atoms with Crippen LogP contribution in [0.15, 0.2) is 60.8 Å². The van der Waals surface area contributed by atoms with E-state index in [1.165, 1.54) is 11.1 Å². The molecule has 2 heterocycles. The third kappa shape index (κ3) is 3.06. The lowest BCUT2D eigenvalue weighted by molar-refractivity contribution is 0.415. The largest absolute Gasteiger partial charge is 0.497 e. The van der Waals surface area contributed by atoms with Gasteiger partial charge in [-0.3, -0.25) is 0 Å². The van der Waals surface area contributed by atoms with E-state index < -0.39 is 0 Å². The first-order valence-corrected chi connectivity index (χ1v) is 8.30. The van der Waals surface area contributed by atoms with Crippen molar-refractivity contribution >= 4 is 5.82 Å². The van der Waals surface area contributed by atoms with Gasteiger partial charge in [-0.25, -0.2) is 9.97 Å². The summed E-state index contributed by atoms with van der Waals surface area (Å²) in [6, 6.07) is 18.0. The molecule has 0 spiro atoms. The van der Waals surface area contributed by atoms with Crippen molar-refractivity contribution in [2.45, 2.75) is 12.6 Å². The van der Waals surface area contributed by atoms with Gasteiger partial charge in [-0.05, 0) is 41.5 Å². The Labute approximate surface area is 147 Å². The van der Waals surface area contributed by atoms with Gasteiger partial charge in [0.25, 0.3) is 0 Å². The SMILES string of the molecule is COc1ccc(-c2nccc(N3Cc4ccccc4C(N)C3)n2)cc1. The number of rotatable bonds is 3. The van der Waals surface area contributed by atoms with Crippen LogP contribution < -0.4 is 15.4 Å². The molecule has 2 aromatic carbocycles. The maximum Gasteiger partial charge on any atom is 0.161 e. The molecule has 1 atom stereocenters. The molecule has 0 aliphatic carbocycles. The molecule has 0 saturated heterocycles. The summed E-state index contributed by atoms with van der Waals surface area (Å²) in [5.41, 5.74) is 9.80. The van der Waals surface area contributed by atoms with Crippen LogP contribution in [0.1, 0.15) is 17.2 Å². The van der Waals surface area contributed by atoms with Crippen LogP contribution >= 0.6 is 0 Å². The number of hydrogen-bond donors (Lipinski definition) is 1. The van der Waals surface area contributed by atoms with Crippen LogP contribution in [0.4, 0.5) is 5.82 Å². The van der Waals surface area contributed by atoms with E-state index in [4.69, 9.17) is 15.5 Å². The first-order valence-electron chi connectivity index (χ1n) is 8.30. The van der Waals surface area contributed by atoms with Gasteiger partial charge in [0.05, 0.1) is 7.11 Å².